The fourth-order valence-electron chi connectivity index (χ4n) is 2.11. The first kappa shape index (κ1) is 16.8. The van der Waals surface area contributed by atoms with Gasteiger partial charge in [-0.1, -0.05) is 6.07 Å². The highest BCUT2D eigenvalue weighted by Crippen LogP contribution is 2.37. The average Bonchev–Trinajstić information content (AvgIpc) is 2.40. The summed E-state index contributed by atoms with van der Waals surface area (Å²) in [5.41, 5.74) is 0.153. The van der Waals surface area contributed by atoms with E-state index in [0.29, 0.717) is 31.6 Å². The number of nitrogens with zero attached hydrogens (tertiary/aromatic N) is 1. The molecule has 2 N–H and O–H groups in total. The van der Waals surface area contributed by atoms with Crippen LogP contribution in [-0.2, 0) is 12.7 Å². The van der Waals surface area contributed by atoms with E-state index in [9.17, 15) is 13.2 Å². The van der Waals surface area contributed by atoms with E-state index in [1.807, 2.05) is 0 Å². The largest absolute Gasteiger partial charge is 0.418 e. The second-order valence-corrected chi connectivity index (χ2v) is 4.54. The van der Waals surface area contributed by atoms with Crippen LogP contribution in [0.25, 0.3) is 0 Å². The van der Waals surface area contributed by atoms with Crippen molar-refractivity contribution in [2.24, 2.45) is 0 Å². The number of halogens is 3. The molecule has 0 radical (unpaired) electrons. The van der Waals surface area contributed by atoms with E-state index in [0.717, 1.165) is 0 Å². The standard InChI is InChI=1S/C14H21F3N2O/c1-3-19(7-4-8-20)13-6-5-11(10-18-2)9-12(13)14(15,16)17/h5-6,9,18,20H,3-4,7-8,10H2,1-2H3. The maximum atomic E-state index is 13.2. The molecule has 0 fully saturated rings. The van der Waals surface area contributed by atoms with Crippen molar-refractivity contribution in [2.45, 2.75) is 26.1 Å². The third-order valence-corrected chi connectivity index (χ3v) is 3.06. The highest BCUT2D eigenvalue weighted by molar-refractivity contribution is 5.56. The Kier molecular flexibility index (Phi) is 6.29. The van der Waals surface area contributed by atoms with Crippen LogP contribution in [0.4, 0.5) is 18.9 Å². The first-order valence-electron chi connectivity index (χ1n) is 6.64. The first-order chi connectivity index (χ1) is 9.43. The Balaban J connectivity index is 3.16. The minimum atomic E-state index is -4.38. The molecule has 6 heteroatoms. The lowest BCUT2D eigenvalue weighted by atomic mass is 10.1. The van der Waals surface area contributed by atoms with E-state index in [2.05, 4.69) is 5.32 Å². The molecule has 0 aliphatic carbocycles. The van der Waals surface area contributed by atoms with Crippen molar-refractivity contribution in [3.05, 3.63) is 29.3 Å². The van der Waals surface area contributed by atoms with Gasteiger partial charge >= 0.3 is 6.18 Å². The molecule has 0 saturated heterocycles. The minimum absolute atomic E-state index is 0.0321. The van der Waals surface area contributed by atoms with Crippen molar-refractivity contribution in [3.8, 4) is 0 Å². The maximum Gasteiger partial charge on any atom is 0.418 e. The Labute approximate surface area is 117 Å². The van der Waals surface area contributed by atoms with Crippen molar-refractivity contribution < 1.29 is 18.3 Å². The van der Waals surface area contributed by atoms with E-state index < -0.39 is 11.7 Å². The third kappa shape index (κ3) is 4.38. The summed E-state index contributed by atoms with van der Waals surface area (Å²) in [5.74, 6) is 0. The monoisotopic (exact) mass is 290 g/mol. The van der Waals surface area contributed by atoms with Gasteiger partial charge in [0.1, 0.15) is 0 Å². The molecule has 20 heavy (non-hydrogen) atoms. The Morgan fingerprint density at radius 2 is 2.00 bits per heavy atom. The summed E-state index contributed by atoms with van der Waals surface area (Å²) in [4.78, 5) is 1.64. The van der Waals surface area contributed by atoms with Gasteiger partial charge in [-0.15, -0.1) is 0 Å². The van der Waals surface area contributed by atoms with Crippen molar-refractivity contribution in [1.82, 2.24) is 5.32 Å². The fourth-order valence-corrected chi connectivity index (χ4v) is 2.11. The van der Waals surface area contributed by atoms with Gasteiger partial charge < -0.3 is 15.3 Å². The van der Waals surface area contributed by atoms with E-state index in [-0.39, 0.29) is 12.3 Å². The van der Waals surface area contributed by atoms with Gasteiger partial charge in [0.2, 0.25) is 0 Å². The van der Waals surface area contributed by atoms with Crippen molar-refractivity contribution >= 4 is 5.69 Å². The van der Waals surface area contributed by atoms with Gasteiger partial charge in [-0.2, -0.15) is 13.2 Å². The summed E-state index contributed by atoms with van der Waals surface area (Å²) in [6.07, 6.45) is -3.94. The first-order valence-corrected chi connectivity index (χ1v) is 6.64. The Morgan fingerprint density at radius 1 is 1.30 bits per heavy atom. The van der Waals surface area contributed by atoms with Gasteiger partial charge in [0.05, 0.1) is 5.56 Å². The summed E-state index contributed by atoms with van der Waals surface area (Å²) < 4.78 is 39.6. The molecule has 0 unspecified atom stereocenters. The quantitative estimate of drug-likeness (QED) is 0.810. The van der Waals surface area contributed by atoms with Crippen molar-refractivity contribution in [1.29, 1.82) is 0 Å². The summed E-state index contributed by atoms with van der Waals surface area (Å²) >= 11 is 0. The lowest BCUT2D eigenvalue weighted by molar-refractivity contribution is -0.137. The average molecular weight is 290 g/mol. The predicted octanol–water partition coefficient (Wildman–Crippen LogP) is 2.63. The molecule has 0 amide bonds. The zero-order valence-corrected chi connectivity index (χ0v) is 11.8. The molecule has 1 rings (SSSR count). The molecule has 0 atom stereocenters. The third-order valence-electron chi connectivity index (χ3n) is 3.06. The second kappa shape index (κ2) is 7.50. The molecule has 1 aromatic rings. The fraction of sp³-hybridized carbons (Fsp3) is 0.571. The topological polar surface area (TPSA) is 35.5 Å². The summed E-state index contributed by atoms with van der Waals surface area (Å²) in [7, 11) is 1.70. The molecule has 0 aromatic heterocycles. The highest BCUT2D eigenvalue weighted by Gasteiger charge is 2.34. The molecular weight excluding hydrogens is 269 g/mol. The van der Waals surface area contributed by atoms with E-state index in [4.69, 9.17) is 5.11 Å². The van der Waals surface area contributed by atoms with Crippen molar-refractivity contribution in [2.75, 3.05) is 31.6 Å². The van der Waals surface area contributed by atoms with Crippen LogP contribution in [-0.4, -0.2) is 31.9 Å². The van der Waals surface area contributed by atoms with Crippen LogP contribution in [0.5, 0.6) is 0 Å². The number of hydrogen-bond acceptors (Lipinski definition) is 3. The second-order valence-electron chi connectivity index (χ2n) is 4.54. The van der Waals surface area contributed by atoms with Gasteiger partial charge in [0.15, 0.2) is 0 Å². The minimum Gasteiger partial charge on any atom is -0.396 e. The molecule has 3 nitrogen and oxygen atoms in total. The zero-order valence-electron chi connectivity index (χ0n) is 11.8. The van der Waals surface area contributed by atoms with Crippen molar-refractivity contribution in [3.63, 3.8) is 0 Å². The van der Waals surface area contributed by atoms with Crippen LogP contribution >= 0.6 is 0 Å². The normalized spacial score (nSPS) is 11.7. The zero-order chi connectivity index (χ0) is 15.2. The maximum absolute atomic E-state index is 13.2. The number of hydrogen-bond donors (Lipinski definition) is 2. The number of rotatable bonds is 7. The van der Waals surface area contributed by atoms with Gasteiger partial charge in [-0.05, 0) is 38.1 Å². The van der Waals surface area contributed by atoms with Gasteiger partial charge in [-0.25, -0.2) is 0 Å². The van der Waals surface area contributed by atoms with Crippen LogP contribution < -0.4 is 10.2 Å². The summed E-state index contributed by atoms with van der Waals surface area (Å²) in [6.45, 7) is 3.04. The molecule has 1 aromatic carbocycles. The molecule has 0 aliphatic heterocycles. The lowest BCUT2D eigenvalue weighted by Crippen LogP contribution is -2.27. The number of nitrogens with one attached hydrogen (secondary N) is 1. The molecule has 0 saturated carbocycles. The van der Waals surface area contributed by atoms with Crippen LogP contribution in [0.3, 0.4) is 0 Å². The van der Waals surface area contributed by atoms with Gasteiger partial charge in [0.25, 0.3) is 0 Å². The molecule has 0 heterocycles. The molecule has 0 bridgehead atoms. The van der Waals surface area contributed by atoms with E-state index in [1.54, 1.807) is 24.9 Å². The number of benzene rings is 1. The van der Waals surface area contributed by atoms with E-state index >= 15 is 0 Å². The van der Waals surface area contributed by atoms with Crippen LogP contribution in [0.1, 0.15) is 24.5 Å². The van der Waals surface area contributed by atoms with Crippen LogP contribution in [0.2, 0.25) is 0 Å². The smallest absolute Gasteiger partial charge is 0.396 e. The lowest BCUT2D eigenvalue weighted by Gasteiger charge is -2.26. The number of aliphatic hydroxyl groups excluding tert-OH is 1. The molecule has 114 valence electrons. The predicted molar refractivity (Wildman–Crippen MR) is 73.8 cm³/mol. The summed E-state index contributed by atoms with van der Waals surface area (Å²) in [6, 6.07) is 4.40. The summed E-state index contributed by atoms with van der Waals surface area (Å²) in [5, 5.41) is 11.7. The van der Waals surface area contributed by atoms with Gasteiger partial charge in [0, 0.05) is 31.9 Å². The van der Waals surface area contributed by atoms with E-state index in [1.165, 1.54) is 12.1 Å². The number of anilines is 1. The Bertz CT molecular complexity index is 421. The Morgan fingerprint density at radius 3 is 2.50 bits per heavy atom. The number of alkyl halides is 3. The Hall–Kier alpha value is -1.27. The van der Waals surface area contributed by atoms with Crippen LogP contribution in [0, 0.1) is 0 Å². The number of aliphatic hydroxyl groups is 1. The molecular formula is C14H21F3N2O. The highest BCUT2D eigenvalue weighted by atomic mass is 19.4. The molecule has 0 spiro atoms. The molecule has 0 aliphatic rings. The van der Waals surface area contributed by atoms with Crippen LogP contribution in [0.15, 0.2) is 18.2 Å². The SMILES string of the molecule is CCN(CCCO)c1ccc(CNC)cc1C(F)(F)F. The van der Waals surface area contributed by atoms with Gasteiger partial charge in [-0.3, -0.25) is 0 Å².